The summed E-state index contributed by atoms with van der Waals surface area (Å²) in [7, 11) is 0. The number of hydrogen-bond acceptors (Lipinski definition) is 4. The predicted octanol–water partition coefficient (Wildman–Crippen LogP) is 2.67. The lowest BCUT2D eigenvalue weighted by atomic mass is 9.84. The zero-order valence-corrected chi connectivity index (χ0v) is 17.7. The number of hydrogen-bond donors (Lipinski definition) is 3. The standard InChI is InChI=1S/C24H22FN5O2/c1-14-3-4-16(9-15(14)2)20-11-30-21(23(32)27-20)10-19(29-30)22(31)28-24(12-26-13-24)17-5-7-18(25)8-6-17/h3-11,26H,12-13H2,1-2H3,(H,27,32)(H,28,31). The maximum Gasteiger partial charge on any atom is 0.274 e. The van der Waals surface area contributed by atoms with Gasteiger partial charge in [0.05, 0.1) is 17.4 Å². The van der Waals surface area contributed by atoms with Gasteiger partial charge in [-0.1, -0.05) is 24.3 Å². The van der Waals surface area contributed by atoms with Crippen molar-refractivity contribution in [2.24, 2.45) is 0 Å². The van der Waals surface area contributed by atoms with Crippen molar-refractivity contribution in [1.82, 2.24) is 25.2 Å². The van der Waals surface area contributed by atoms with Crippen molar-refractivity contribution >= 4 is 11.4 Å². The van der Waals surface area contributed by atoms with E-state index in [2.05, 4.69) is 20.7 Å². The number of aryl methyl sites for hydroxylation is 2. The molecule has 0 radical (unpaired) electrons. The number of aromatic amines is 1. The molecule has 162 valence electrons. The summed E-state index contributed by atoms with van der Waals surface area (Å²) in [4.78, 5) is 28.6. The first-order valence-corrected chi connectivity index (χ1v) is 10.3. The second-order valence-corrected chi connectivity index (χ2v) is 8.30. The molecule has 0 unspecified atom stereocenters. The van der Waals surface area contributed by atoms with E-state index in [1.54, 1.807) is 18.3 Å². The normalized spacial score (nSPS) is 14.8. The number of nitrogens with one attached hydrogen (secondary N) is 3. The van der Waals surface area contributed by atoms with Gasteiger partial charge in [-0.15, -0.1) is 0 Å². The molecular weight excluding hydrogens is 409 g/mol. The monoisotopic (exact) mass is 431 g/mol. The van der Waals surface area contributed by atoms with E-state index in [-0.39, 0.29) is 22.6 Å². The number of carbonyl (C=O) groups is 1. The molecule has 32 heavy (non-hydrogen) atoms. The third-order valence-corrected chi connectivity index (χ3v) is 6.12. The largest absolute Gasteiger partial charge is 0.339 e. The molecule has 0 atom stereocenters. The van der Waals surface area contributed by atoms with Gasteiger partial charge in [0.2, 0.25) is 0 Å². The number of aromatic nitrogens is 3. The first kappa shape index (κ1) is 20.1. The van der Waals surface area contributed by atoms with E-state index >= 15 is 0 Å². The van der Waals surface area contributed by atoms with Gasteiger partial charge in [-0.25, -0.2) is 8.91 Å². The van der Waals surface area contributed by atoms with Crippen LogP contribution in [0.25, 0.3) is 16.8 Å². The van der Waals surface area contributed by atoms with Gasteiger partial charge in [-0.3, -0.25) is 9.59 Å². The average molecular weight is 431 g/mol. The van der Waals surface area contributed by atoms with E-state index in [0.717, 1.165) is 22.3 Å². The Bertz CT molecular complexity index is 1400. The highest BCUT2D eigenvalue weighted by Crippen LogP contribution is 2.26. The molecular formula is C24H22FN5O2. The van der Waals surface area contributed by atoms with Crippen LogP contribution in [-0.2, 0) is 5.54 Å². The quantitative estimate of drug-likeness (QED) is 0.463. The van der Waals surface area contributed by atoms with Crippen LogP contribution in [0.5, 0.6) is 0 Å². The Balaban J connectivity index is 1.47. The van der Waals surface area contributed by atoms with Gasteiger partial charge >= 0.3 is 0 Å². The average Bonchev–Trinajstić information content (AvgIpc) is 3.18. The van der Waals surface area contributed by atoms with Crippen molar-refractivity contribution in [2.45, 2.75) is 19.4 Å². The van der Waals surface area contributed by atoms with Gasteiger partial charge in [0.15, 0.2) is 5.69 Å². The fourth-order valence-electron chi connectivity index (χ4n) is 3.96. The third kappa shape index (κ3) is 3.38. The maximum atomic E-state index is 13.3. The summed E-state index contributed by atoms with van der Waals surface area (Å²) in [6.45, 7) is 5.09. The fourth-order valence-corrected chi connectivity index (χ4v) is 3.96. The van der Waals surface area contributed by atoms with Crippen molar-refractivity contribution in [1.29, 1.82) is 0 Å². The molecule has 5 rings (SSSR count). The number of benzene rings is 2. The van der Waals surface area contributed by atoms with Gasteiger partial charge in [-0.05, 0) is 54.3 Å². The second-order valence-electron chi connectivity index (χ2n) is 8.30. The van der Waals surface area contributed by atoms with Crippen LogP contribution in [0, 0.1) is 19.7 Å². The summed E-state index contributed by atoms with van der Waals surface area (Å²) in [5.41, 5.74) is 4.02. The lowest BCUT2D eigenvalue weighted by Crippen LogP contribution is -2.66. The summed E-state index contributed by atoms with van der Waals surface area (Å²) >= 11 is 0. The van der Waals surface area contributed by atoms with Gasteiger partial charge in [0, 0.05) is 19.2 Å². The Kier molecular flexibility index (Phi) is 4.67. The smallest absolute Gasteiger partial charge is 0.274 e. The SMILES string of the molecule is Cc1ccc(-c2cn3nc(C(=O)NC4(c5ccc(F)cc5)CNC4)cc3c(=O)[nH]2)cc1C. The molecule has 2 aromatic carbocycles. The Morgan fingerprint density at radius 2 is 1.84 bits per heavy atom. The summed E-state index contributed by atoms with van der Waals surface area (Å²) in [5.74, 6) is -0.728. The van der Waals surface area contributed by atoms with Gasteiger partial charge in [-0.2, -0.15) is 5.10 Å². The number of rotatable bonds is 4. The van der Waals surface area contributed by atoms with E-state index in [9.17, 15) is 14.0 Å². The fraction of sp³-hybridized carbons (Fsp3) is 0.208. The second kappa shape index (κ2) is 7.42. The van der Waals surface area contributed by atoms with Gasteiger partial charge in [0.25, 0.3) is 11.5 Å². The van der Waals surface area contributed by atoms with E-state index in [4.69, 9.17) is 0 Å². The molecule has 3 heterocycles. The summed E-state index contributed by atoms with van der Waals surface area (Å²) in [5, 5.41) is 10.5. The van der Waals surface area contributed by atoms with Crippen LogP contribution >= 0.6 is 0 Å². The first-order valence-electron chi connectivity index (χ1n) is 10.3. The van der Waals surface area contributed by atoms with E-state index in [1.165, 1.54) is 22.7 Å². The number of nitrogens with zero attached hydrogens (tertiary/aromatic N) is 2. The van der Waals surface area contributed by atoms with Crippen molar-refractivity contribution in [3.05, 3.63) is 93.3 Å². The third-order valence-electron chi connectivity index (χ3n) is 6.12. The topological polar surface area (TPSA) is 91.3 Å². The highest BCUT2D eigenvalue weighted by molar-refractivity contribution is 5.94. The Hall–Kier alpha value is -3.78. The highest BCUT2D eigenvalue weighted by atomic mass is 19.1. The van der Waals surface area contributed by atoms with E-state index in [1.807, 2.05) is 32.0 Å². The Labute approximate surface area is 183 Å². The van der Waals surface area contributed by atoms with E-state index < -0.39 is 11.4 Å². The van der Waals surface area contributed by atoms with Crippen LogP contribution in [-0.4, -0.2) is 33.6 Å². The molecule has 1 fully saturated rings. The van der Waals surface area contributed by atoms with Gasteiger partial charge < -0.3 is 15.6 Å². The zero-order chi connectivity index (χ0) is 22.5. The first-order chi connectivity index (χ1) is 15.3. The molecule has 0 aliphatic carbocycles. The van der Waals surface area contributed by atoms with E-state index in [0.29, 0.717) is 18.8 Å². The zero-order valence-electron chi connectivity index (χ0n) is 17.7. The molecule has 0 bridgehead atoms. The van der Waals surface area contributed by atoms with Gasteiger partial charge in [0.1, 0.15) is 11.3 Å². The number of halogens is 1. The molecule has 2 aromatic heterocycles. The van der Waals surface area contributed by atoms with Crippen LogP contribution in [0.3, 0.4) is 0 Å². The van der Waals surface area contributed by atoms with Crippen LogP contribution in [0.2, 0.25) is 0 Å². The molecule has 1 saturated heterocycles. The lowest BCUT2D eigenvalue weighted by Gasteiger charge is -2.43. The molecule has 1 aliphatic rings. The minimum absolute atomic E-state index is 0.140. The highest BCUT2D eigenvalue weighted by Gasteiger charge is 2.40. The van der Waals surface area contributed by atoms with Crippen molar-refractivity contribution in [3.8, 4) is 11.3 Å². The number of fused-ring (bicyclic) bond motifs is 1. The molecule has 0 spiro atoms. The lowest BCUT2D eigenvalue weighted by molar-refractivity contribution is 0.0847. The molecule has 7 nitrogen and oxygen atoms in total. The predicted molar refractivity (Wildman–Crippen MR) is 119 cm³/mol. The van der Waals surface area contributed by atoms with Crippen molar-refractivity contribution in [3.63, 3.8) is 0 Å². The van der Waals surface area contributed by atoms with Crippen LogP contribution in [0.1, 0.15) is 27.2 Å². The summed E-state index contributed by atoms with van der Waals surface area (Å²) in [6, 6.07) is 13.5. The maximum absolute atomic E-state index is 13.3. The van der Waals surface area contributed by atoms with Crippen LogP contribution in [0.4, 0.5) is 4.39 Å². The minimum Gasteiger partial charge on any atom is -0.339 e. The molecule has 8 heteroatoms. The summed E-state index contributed by atoms with van der Waals surface area (Å²) in [6.07, 6.45) is 1.71. The molecule has 4 aromatic rings. The number of carbonyl (C=O) groups excluding carboxylic acids is 1. The molecule has 0 saturated carbocycles. The Morgan fingerprint density at radius 3 is 2.50 bits per heavy atom. The van der Waals surface area contributed by atoms with Crippen LogP contribution in [0.15, 0.2) is 59.5 Å². The van der Waals surface area contributed by atoms with Crippen molar-refractivity contribution < 1.29 is 9.18 Å². The number of H-pyrrole nitrogens is 1. The Morgan fingerprint density at radius 1 is 1.09 bits per heavy atom. The molecule has 1 amide bonds. The molecule has 3 N–H and O–H groups in total. The van der Waals surface area contributed by atoms with Crippen molar-refractivity contribution in [2.75, 3.05) is 13.1 Å². The number of amides is 1. The minimum atomic E-state index is -0.641. The molecule has 1 aliphatic heterocycles. The summed E-state index contributed by atoms with van der Waals surface area (Å²) < 4.78 is 14.8. The van der Waals surface area contributed by atoms with Crippen LogP contribution < -0.4 is 16.2 Å².